The van der Waals surface area contributed by atoms with Crippen LogP contribution in [0.5, 0.6) is 0 Å². The lowest BCUT2D eigenvalue weighted by atomic mass is 10.1. The van der Waals surface area contributed by atoms with Gasteiger partial charge in [-0.2, -0.15) is 0 Å². The highest BCUT2D eigenvalue weighted by atomic mass is 15.0. The molecule has 0 unspecified atom stereocenters. The summed E-state index contributed by atoms with van der Waals surface area (Å²) in [6.45, 7) is 2.20. The largest absolute Gasteiger partial charge is 0.370 e. The molecule has 0 amide bonds. The van der Waals surface area contributed by atoms with Crippen LogP contribution < -0.4 is 10.6 Å². The van der Waals surface area contributed by atoms with Crippen LogP contribution in [0.2, 0.25) is 0 Å². The molecule has 0 spiro atoms. The van der Waals surface area contributed by atoms with Crippen molar-refractivity contribution in [2.75, 3.05) is 18.4 Å². The Bertz CT molecular complexity index is 385. The number of aryl methyl sites for hydroxylation is 1. The first-order chi connectivity index (χ1) is 8.43. The summed E-state index contributed by atoms with van der Waals surface area (Å²) in [6.07, 6.45) is 9.03. The summed E-state index contributed by atoms with van der Waals surface area (Å²) in [6, 6.07) is 0.706. The third-order valence-corrected chi connectivity index (χ3v) is 3.82. The zero-order chi connectivity index (χ0) is 11.5. The van der Waals surface area contributed by atoms with Crippen LogP contribution in [0.1, 0.15) is 36.9 Å². The zero-order valence-corrected chi connectivity index (χ0v) is 10.2. The molecule has 2 N–H and O–H groups in total. The van der Waals surface area contributed by atoms with Gasteiger partial charge in [-0.25, -0.2) is 9.97 Å². The van der Waals surface area contributed by atoms with Crippen molar-refractivity contribution < 1.29 is 0 Å². The van der Waals surface area contributed by atoms with Gasteiger partial charge in [0.25, 0.3) is 0 Å². The number of anilines is 1. The number of nitrogens with one attached hydrogen (secondary N) is 2. The molecule has 1 aliphatic carbocycles. The van der Waals surface area contributed by atoms with Crippen molar-refractivity contribution >= 4 is 5.82 Å². The fraction of sp³-hybridized carbons (Fsp3) is 0.692. The smallest absolute Gasteiger partial charge is 0.132 e. The van der Waals surface area contributed by atoms with Gasteiger partial charge in [0.15, 0.2) is 0 Å². The normalized spacial score (nSPS) is 22.7. The predicted molar refractivity (Wildman–Crippen MR) is 68.2 cm³/mol. The minimum absolute atomic E-state index is 0.706. The minimum atomic E-state index is 0.706. The lowest BCUT2D eigenvalue weighted by Gasteiger charge is -2.12. The topological polar surface area (TPSA) is 49.8 Å². The van der Waals surface area contributed by atoms with Gasteiger partial charge in [0, 0.05) is 23.8 Å². The summed E-state index contributed by atoms with van der Waals surface area (Å²) in [4.78, 5) is 8.71. The molecule has 1 saturated heterocycles. The molecule has 1 aromatic rings. The van der Waals surface area contributed by atoms with Crippen molar-refractivity contribution in [1.29, 1.82) is 0 Å². The summed E-state index contributed by atoms with van der Waals surface area (Å²) >= 11 is 0. The average Bonchev–Trinajstić information content (AvgIpc) is 2.99. The molecule has 1 atom stereocenters. The minimum Gasteiger partial charge on any atom is -0.370 e. The summed E-state index contributed by atoms with van der Waals surface area (Å²) in [7, 11) is 0. The van der Waals surface area contributed by atoms with E-state index in [4.69, 9.17) is 0 Å². The Labute approximate surface area is 102 Å². The maximum absolute atomic E-state index is 4.37. The summed E-state index contributed by atoms with van der Waals surface area (Å²) in [5, 5.41) is 7.00. The molecule has 4 heteroatoms. The third-order valence-electron chi connectivity index (χ3n) is 3.82. The second-order valence-electron chi connectivity index (χ2n) is 5.01. The Morgan fingerprint density at radius 2 is 2.29 bits per heavy atom. The molecule has 0 aromatic carbocycles. The maximum Gasteiger partial charge on any atom is 0.132 e. The van der Waals surface area contributed by atoms with Crippen LogP contribution in [-0.2, 0) is 12.8 Å². The van der Waals surface area contributed by atoms with Gasteiger partial charge in [-0.3, -0.25) is 0 Å². The van der Waals surface area contributed by atoms with E-state index in [1.165, 1.54) is 43.5 Å². The van der Waals surface area contributed by atoms with Crippen molar-refractivity contribution in [2.45, 2.75) is 44.6 Å². The number of fused-ring (bicyclic) bond motifs is 1. The van der Waals surface area contributed by atoms with Crippen molar-refractivity contribution in [2.24, 2.45) is 0 Å². The molecular formula is C13H20N4. The Kier molecular flexibility index (Phi) is 3.22. The molecule has 1 aliphatic heterocycles. The molecule has 17 heavy (non-hydrogen) atoms. The molecule has 3 rings (SSSR count). The fourth-order valence-corrected chi connectivity index (χ4v) is 2.88. The quantitative estimate of drug-likeness (QED) is 0.826. The van der Waals surface area contributed by atoms with Gasteiger partial charge in [0.1, 0.15) is 12.1 Å². The molecule has 0 saturated carbocycles. The van der Waals surface area contributed by atoms with E-state index in [0.29, 0.717) is 6.04 Å². The van der Waals surface area contributed by atoms with Gasteiger partial charge < -0.3 is 10.6 Å². The van der Waals surface area contributed by atoms with E-state index in [-0.39, 0.29) is 0 Å². The van der Waals surface area contributed by atoms with Crippen molar-refractivity contribution in [3.63, 3.8) is 0 Å². The zero-order valence-electron chi connectivity index (χ0n) is 10.2. The molecule has 1 aromatic heterocycles. The molecule has 92 valence electrons. The van der Waals surface area contributed by atoms with Crippen LogP contribution in [-0.4, -0.2) is 29.1 Å². The van der Waals surface area contributed by atoms with Gasteiger partial charge >= 0.3 is 0 Å². The van der Waals surface area contributed by atoms with Crippen LogP contribution >= 0.6 is 0 Å². The summed E-state index contributed by atoms with van der Waals surface area (Å²) in [5.41, 5.74) is 2.60. The molecule has 2 heterocycles. The lowest BCUT2D eigenvalue weighted by molar-refractivity contribution is 0.574. The molecule has 4 nitrogen and oxygen atoms in total. The van der Waals surface area contributed by atoms with E-state index in [2.05, 4.69) is 20.6 Å². The molecule has 0 radical (unpaired) electrons. The number of hydrogen-bond acceptors (Lipinski definition) is 4. The second-order valence-corrected chi connectivity index (χ2v) is 5.01. The van der Waals surface area contributed by atoms with Crippen molar-refractivity contribution in [1.82, 2.24) is 15.3 Å². The molecule has 0 bridgehead atoms. The average molecular weight is 232 g/mol. The number of hydrogen-bond donors (Lipinski definition) is 2. The van der Waals surface area contributed by atoms with Gasteiger partial charge in [-0.05, 0) is 45.1 Å². The first-order valence-corrected chi connectivity index (χ1v) is 6.73. The van der Waals surface area contributed by atoms with Gasteiger partial charge in [-0.1, -0.05) is 0 Å². The molecule has 2 aliphatic rings. The fourth-order valence-electron chi connectivity index (χ4n) is 2.88. The second kappa shape index (κ2) is 5.00. The third kappa shape index (κ3) is 2.41. The monoisotopic (exact) mass is 232 g/mol. The summed E-state index contributed by atoms with van der Waals surface area (Å²) < 4.78 is 0. The van der Waals surface area contributed by atoms with Gasteiger partial charge in [0.2, 0.25) is 0 Å². The lowest BCUT2D eigenvalue weighted by Crippen LogP contribution is -2.24. The first-order valence-electron chi connectivity index (χ1n) is 6.73. The van der Waals surface area contributed by atoms with Crippen molar-refractivity contribution in [3.05, 3.63) is 17.6 Å². The Morgan fingerprint density at radius 1 is 1.29 bits per heavy atom. The van der Waals surface area contributed by atoms with E-state index in [1.807, 2.05) is 0 Å². The van der Waals surface area contributed by atoms with E-state index in [9.17, 15) is 0 Å². The van der Waals surface area contributed by atoms with Gasteiger partial charge in [-0.15, -0.1) is 0 Å². The number of nitrogens with zero attached hydrogens (tertiary/aromatic N) is 2. The van der Waals surface area contributed by atoms with Crippen LogP contribution in [0.4, 0.5) is 5.82 Å². The highest BCUT2D eigenvalue weighted by Crippen LogP contribution is 2.25. The number of rotatable bonds is 4. The summed E-state index contributed by atoms with van der Waals surface area (Å²) in [5.74, 6) is 1.07. The van der Waals surface area contributed by atoms with E-state index >= 15 is 0 Å². The molecule has 1 fully saturated rings. The van der Waals surface area contributed by atoms with Crippen LogP contribution in [0.25, 0.3) is 0 Å². The Balaban J connectivity index is 1.56. The van der Waals surface area contributed by atoms with Crippen LogP contribution in [0.3, 0.4) is 0 Å². The predicted octanol–water partition coefficient (Wildman–Crippen LogP) is 1.52. The highest BCUT2D eigenvalue weighted by molar-refractivity contribution is 5.47. The Hall–Kier alpha value is -1.16. The standard InChI is InChI=1S/C13H20N4/c1-4-11-12(5-1)16-9-17-13(11)15-8-6-10-3-2-7-14-10/h9-10,14H,1-8H2,(H,15,16,17)/t10-/m0/s1. The van der Waals surface area contributed by atoms with E-state index in [0.717, 1.165) is 25.2 Å². The molecular weight excluding hydrogens is 212 g/mol. The first kappa shape index (κ1) is 11.0. The van der Waals surface area contributed by atoms with E-state index < -0.39 is 0 Å². The maximum atomic E-state index is 4.37. The van der Waals surface area contributed by atoms with Crippen molar-refractivity contribution in [3.8, 4) is 0 Å². The van der Waals surface area contributed by atoms with E-state index in [1.54, 1.807) is 6.33 Å². The number of aromatic nitrogens is 2. The van der Waals surface area contributed by atoms with Gasteiger partial charge in [0.05, 0.1) is 0 Å². The SMILES string of the molecule is c1nc2c(c(NCC[C@@H]3CCCN3)n1)CCC2. The van der Waals surface area contributed by atoms with Crippen LogP contribution in [0.15, 0.2) is 6.33 Å². The Morgan fingerprint density at radius 3 is 3.18 bits per heavy atom. The van der Waals surface area contributed by atoms with Crippen LogP contribution in [0, 0.1) is 0 Å². The highest BCUT2D eigenvalue weighted by Gasteiger charge is 2.17.